The maximum atomic E-state index is 8.79. The fraction of sp³-hybridized carbons (Fsp3) is 1.00. The Hall–Kier alpha value is -0.0800. The fourth-order valence-corrected chi connectivity index (χ4v) is 0.981. The van der Waals surface area contributed by atoms with Gasteiger partial charge in [-0.1, -0.05) is 20.3 Å². The van der Waals surface area contributed by atoms with Gasteiger partial charge in [0.2, 0.25) is 0 Å². The number of nitrogens with two attached hydrogens (primary N) is 1. The monoisotopic (exact) mass is 145 g/mol. The van der Waals surface area contributed by atoms with E-state index in [1.54, 1.807) is 0 Å². The average molecular weight is 145 g/mol. The van der Waals surface area contributed by atoms with E-state index >= 15 is 0 Å². The summed E-state index contributed by atoms with van der Waals surface area (Å²) in [6.07, 6.45) is 2.24. The molecular weight excluding hydrogens is 126 g/mol. The first kappa shape index (κ1) is 9.92. The third kappa shape index (κ3) is 3.85. The molecule has 2 atom stereocenters. The van der Waals surface area contributed by atoms with Gasteiger partial charge >= 0.3 is 0 Å². The Kier molecular flexibility index (Phi) is 5.64. The molecule has 0 bridgehead atoms. The van der Waals surface area contributed by atoms with Crippen molar-refractivity contribution in [3.05, 3.63) is 0 Å². The maximum absolute atomic E-state index is 8.79. The molecule has 0 aliphatic carbocycles. The highest BCUT2D eigenvalue weighted by atomic mass is 16.3. The predicted octanol–water partition coefficient (Wildman–Crippen LogP) is 0.990. The van der Waals surface area contributed by atoms with Gasteiger partial charge in [0, 0.05) is 6.61 Å². The van der Waals surface area contributed by atoms with Gasteiger partial charge in [-0.05, 0) is 24.8 Å². The van der Waals surface area contributed by atoms with Gasteiger partial charge in [-0.3, -0.25) is 0 Å². The van der Waals surface area contributed by atoms with E-state index in [1.165, 1.54) is 6.42 Å². The molecule has 0 saturated heterocycles. The highest BCUT2D eigenvalue weighted by Gasteiger charge is 2.08. The molecule has 2 heteroatoms. The normalized spacial score (nSPS) is 16.8. The van der Waals surface area contributed by atoms with Crippen molar-refractivity contribution in [1.29, 1.82) is 0 Å². The molecule has 0 fully saturated rings. The van der Waals surface area contributed by atoms with Crippen LogP contribution in [0.25, 0.3) is 0 Å². The zero-order valence-electron chi connectivity index (χ0n) is 7.01. The molecular formula is C8H19NO. The van der Waals surface area contributed by atoms with Crippen LogP contribution in [0, 0.1) is 11.8 Å². The standard InChI is InChI=1S/C8H19NO/c1-3-7(2)4-8(5-9)6-10/h7-8,10H,3-6,9H2,1-2H3. The van der Waals surface area contributed by atoms with Crippen LogP contribution in [0.1, 0.15) is 26.7 Å². The summed E-state index contributed by atoms with van der Waals surface area (Å²) in [5.74, 6) is 1.01. The van der Waals surface area contributed by atoms with Crippen molar-refractivity contribution in [3.8, 4) is 0 Å². The van der Waals surface area contributed by atoms with Gasteiger partial charge in [-0.2, -0.15) is 0 Å². The second-order valence-electron chi connectivity index (χ2n) is 3.03. The molecule has 3 N–H and O–H groups in total. The van der Waals surface area contributed by atoms with Crippen LogP contribution in [0.3, 0.4) is 0 Å². The molecule has 0 amide bonds. The molecule has 0 spiro atoms. The molecule has 0 aliphatic heterocycles. The molecule has 0 saturated carbocycles. The van der Waals surface area contributed by atoms with E-state index in [1.807, 2.05) is 0 Å². The Morgan fingerprint density at radius 2 is 2.10 bits per heavy atom. The number of rotatable bonds is 5. The lowest BCUT2D eigenvalue weighted by Crippen LogP contribution is -2.20. The Balaban J connectivity index is 3.41. The molecule has 2 nitrogen and oxygen atoms in total. The van der Waals surface area contributed by atoms with Crippen molar-refractivity contribution in [2.75, 3.05) is 13.2 Å². The van der Waals surface area contributed by atoms with Crippen LogP contribution in [0.5, 0.6) is 0 Å². The van der Waals surface area contributed by atoms with Crippen molar-refractivity contribution in [2.24, 2.45) is 17.6 Å². The molecule has 0 aromatic heterocycles. The average Bonchev–Trinajstić information content (AvgIpc) is 1.99. The van der Waals surface area contributed by atoms with E-state index in [-0.39, 0.29) is 6.61 Å². The molecule has 0 aromatic carbocycles. The van der Waals surface area contributed by atoms with Crippen molar-refractivity contribution in [1.82, 2.24) is 0 Å². The molecule has 0 aromatic rings. The lowest BCUT2D eigenvalue weighted by Gasteiger charge is -2.15. The largest absolute Gasteiger partial charge is 0.396 e. The van der Waals surface area contributed by atoms with Gasteiger partial charge in [0.15, 0.2) is 0 Å². The van der Waals surface area contributed by atoms with Crippen molar-refractivity contribution in [2.45, 2.75) is 26.7 Å². The Bertz CT molecular complexity index is 71.7. The van der Waals surface area contributed by atoms with Gasteiger partial charge in [0.1, 0.15) is 0 Å². The minimum absolute atomic E-state index is 0.237. The minimum atomic E-state index is 0.237. The molecule has 2 unspecified atom stereocenters. The summed E-state index contributed by atoms with van der Waals surface area (Å²) in [6.45, 7) is 5.20. The van der Waals surface area contributed by atoms with Crippen LogP contribution >= 0.6 is 0 Å². The highest BCUT2D eigenvalue weighted by molar-refractivity contribution is 4.61. The summed E-state index contributed by atoms with van der Waals surface area (Å²) in [7, 11) is 0. The predicted molar refractivity (Wildman–Crippen MR) is 43.7 cm³/mol. The molecule has 10 heavy (non-hydrogen) atoms. The third-order valence-corrected chi connectivity index (χ3v) is 2.02. The second-order valence-corrected chi connectivity index (χ2v) is 3.03. The van der Waals surface area contributed by atoms with Gasteiger partial charge in [0.05, 0.1) is 0 Å². The van der Waals surface area contributed by atoms with Gasteiger partial charge in [-0.15, -0.1) is 0 Å². The number of aliphatic hydroxyl groups is 1. The van der Waals surface area contributed by atoms with Crippen molar-refractivity contribution in [3.63, 3.8) is 0 Å². The first-order valence-corrected chi connectivity index (χ1v) is 4.05. The summed E-state index contributed by atoms with van der Waals surface area (Å²) >= 11 is 0. The van der Waals surface area contributed by atoms with Gasteiger partial charge in [0.25, 0.3) is 0 Å². The molecule has 62 valence electrons. The lowest BCUT2D eigenvalue weighted by molar-refractivity contribution is 0.206. The first-order chi connectivity index (χ1) is 4.74. The van der Waals surface area contributed by atoms with Crippen molar-refractivity contribution < 1.29 is 5.11 Å². The molecule has 0 rings (SSSR count). The van der Waals surface area contributed by atoms with E-state index < -0.39 is 0 Å². The molecule has 0 heterocycles. The van der Waals surface area contributed by atoms with Crippen LogP contribution in [-0.2, 0) is 0 Å². The lowest BCUT2D eigenvalue weighted by atomic mass is 9.95. The van der Waals surface area contributed by atoms with Crippen LogP contribution in [0.15, 0.2) is 0 Å². The Morgan fingerprint density at radius 1 is 1.50 bits per heavy atom. The fourth-order valence-electron chi connectivity index (χ4n) is 0.981. The highest BCUT2D eigenvalue weighted by Crippen LogP contribution is 2.13. The first-order valence-electron chi connectivity index (χ1n) is 4.05. The minimum Gasteiger partial charge on any atom is -0.396 e. The Morgan fingerprint density at radius 3 is 2.40 bits per heavy atom. The number of hydrogen-bond donors (Lipinski definition) is 2. The summed E-state index contributed by atoms with van der Waals surface area (Å²) in [5.41, 5.74) is 5.43. The van der Waals surface area contributed by atoms with Crippen LogP contribution in [0.2, 0.25) is 0 Å². The Labute approximate surface area is 63.4 Å². The zero-order chi connectivity index (χ0) is 7.98. The van der Waals surface area contributed by atoms with Gasteiger partial charge < -0.3 is 10.8 Å². The second kappa shape index (κ2) is 5.69. The number of aliphatic hydroxyl groups excluding tert-OH is 1. The summed E-state index contributed by atoms with van der Waals surface area (Å²) in [4.78, 5) is 0. The van der Waals surface area contributed by atoms with E-state index in [0.717, 1.165) is 6.42 Å². The molecule has 0 radical (unpaired) electrons. The van der Waals surface area contributed by atoms with Crippen LogP contribution in [0.4, 0.5) is 0 Å². The van der Waals surface area contributed by atoms with Gasteiger partial charge in [-0.25, -0.2) is 0 Å². The smallest absolute Gasteiger partial charge is 0.0471 e. The van der Waals surface area contributed by atoms with Crippen LogP contribution < -0.4 is 5.73 Å². The van der Waals surface area contributed by atoms with E-state index in [2.05, 4.69) is 13.8 Å². The van der Waals surface area contributed by atoms with E-state index in [9.17, 15) is 0 Å². The number of hydrogen-bond acceptors (Lipinski definition) is 2. The third-order valence-electron chi connectivity index (χ3n) is 2.02. The summed E-state index contributed by atoms with van der Waals surface area (Å²) in [6, 6.07) is 0. The topological polar surface area (TPSA) is 46.2 Å². The zero-order valence-corrected chi connectivity index (χ0v) is 7.01. The maximum Gasteiger partial charge on any atom is 0.0471 e. The van der Waals surface area contributed by atoms with E-state index in [4.69, 9.17) is 10.8 Å². The van der Waals surface area contributed by atoms with Crippen molar-refractivity contribution >= 4 is 0 Å². The molecule has 0 aliphatic rings. The summed E-state index contributed by atoms with van der Waals surface area (Å²) in [5, 5.41) is 8.79. The van der Waals surface area contributed by atoms with Crippen LogP contribution in [-0.4, -0.2) is 18.3 Å². The van der Waals surface area contributed by atoms with E-state index in [0.29, 0.717) is 18.4 Å². The quantitative estimate of drug-likeness (QED) is 0.606. The summed E-state index contributed by atoms with van der Waals surface area (Å²) < 4.78 is 0. The SMILES string of the molecule is CCC(C)CC(CN)CO.